The lowest BCUT2D eigenvalue weighted by Crippen LogP contribution is -2.18. The molecular formula is C29H31N9. The summed E-state index contributed by atoms with van der Waals surface area (Å²) in [5.74, 6) is 0.664. The zero-order valence-electron chi connectivity index (χ0n) is 21.9. The first-order valence-corrected chi connectivity index (χ1v) is 13.0. The van der Waals surface area contributed by atoms with Crippen LogP contribution in [0.4, 0.5) is 0 Å². The van der Waals surface area contributed by atoms with Gasteiger partial charge in [-0.15, -0.1) is 0 Å². The normalized spacial score (nSPS) is 14.9. The molecule has 0 aliphatic carbocycles. The predicted octanol–water partition coefficient (Wildman–Crippen LogP) is 5.28. The van der Waals surface area contributed by atoms with Crippen LogP contribution >= 0.6 is 0 Å². The van der Waals surface area contributed by atoms with Gasteiger partial charge in [0, 0.05) is 36.4 Å². The van der Waals surface area contributed by atoms with Crippen molar-refractivity contribution in [2.24, 2.45) is 0 Å². The minimum Gasteiger partial charge on any atom is -0.340 e. The third kappa shape index (κ3) is 4.68. The number of hydrogen-bond donors (Lipinski definition) is 2. The Labute approximate surface area is 221 Å². The number of H-pyrrole nitrogens is 2. The van der Waals surface area contributed by atoms with Gasteiger partial charge in [-0.25, -0.2) is 15.0 Å². The minimum atomic E-state index is 0.664. The van der Waals surface area contributed by atoms with E-state index in [1.165, 1.54) is 18.4 Å². The van der Waals surface area contributed by atoms with Crippen LogP contribution in [0.15, 0.2) is 61.3 Å². The minimum absolute atomic E-state index is 0.664. The maximum absolute atomic E-state index is 5.00. The maximum Gasteiger partial charge on any atom is 0.161 e. The molecule has 192 valence electrons. The summed E-state index contributed by atoms with van der Waals surface area (Å²) in [6, 6.07) is 6.22. The molecule has 1 aliphatic heterocycles. The molecule has 0 aromatic carbocycles. The van der Waals surface area contributed by atoms with Crippen molar-refractivity contribution in [1.82, 2.24) is 44.6 Å². The first-order chi connectivity index (χ1) is 18.6. The Bertz CT molecular complexity index is 1640. The average molecular weight is 506 g/mol. The Morgan fingerprint density at radius 1 is 1.11 bits per heavy atom. The molecular weight excluding hydrogens is 474 g/mol. The van der Waals surface area contributed by atoms with E-state index < -0.39 is 0 Å². The molecule has 6 rings (SSSR count). The highest BCUT2D eigenvalue weighted by Gasteiger charge is 2.19. The van der Waals surface area contributed by atoms with Crippen LogP contribution in [0.3, 0.4) is 0 Å². The van der Waals surface area contributed by atoms with Crippen LogP contribution in [0.1, 0.15) is 42.4 Å². The number of nitrogens with zero attached hydrogens (tertiary/aromatic N) is 7. The fourth-order valence-electron chi connectivity index (χ4n) is 4.99. The van der Waals surface area contributed by atoms with Crippen LogP contribution in [0.25, 0.3) is 39.5 Å². The van der Waals surface area contributed by atoms with Gasteiger partial charge < -0.3 is 9.55 Å². The highest BCUT2D eigenvalue weighted by atomic mass is 15.2. The van der Waals surface area contributed by atoms with Crippen LogP contribution in [-0.2, 0) is 6.54 Å². The number of rotatable bonds is 7. The third-order valence-electron chi connectivity index (χ3n) is 6.89. The Hall–Kier alpha value is -4.37. The number of nitrogens with one attached hydrogen (secondary N) is 2. The van der Waals surface area contributed by atoms with Gasteiger partial charge in [-0.2, -0.15) is 5.10 Å². The number of aromatic amines is 2. The van der Waals surface area contributed by atoms with Gasteiger partial charge >= 0.3 is 0 Å². The number of likely N-dealkylation sites (tertiary alicyclic amines) is 1. The predicted molar refractivity (Wildman–Crippen MR) is 149 cm³/mol. The molecule has 6 heterocycles. The van der Waals surface area contributed by atoms with Crippen molar-refractivity contribution in [2.45, 2.75) is 40.2 Å². The number of aryl methyl sites for hydroxylation is 2. The zero-order valence-corrected chi connectivity index (χ0v) is 21.9. The van der Waals surface area contributed by atoms with E-state index in [9.17, 15) is 0 Å². The molecule has 0 amide bonds. The van der Waals surface area contributed by atoms with E-state index in [0.29, 0.717) is 11.5 Å². The lowest BCUT2D eigenvalue weighted by molar-refractivity contribution is 0.331. The van der Waals surface area contributed by atoms with Gasteiger partial charge in [-0.3, -0.25) is 15.0 Å². The van der Waals surface area contributed by atoms with E-state index in [1.54, 1.807) is 0 Å². The van der Waals surface area contributed by atoms with Crippen LogP contribution in [0.5, 0.6) is 0 Å². The fraction of sp³-hybridized carbons (Fsp3) is 0.276. The summed E-state index contributed by atoms with van der Waals surface area (Å²) in [4.78, 5) is 24.8. The highest BCUT2D eigenvalue weighted by Crippen LogP contribution is 2.29. The molecule has 1 fully saturated rings. The third-order valence-corrected chi connectivity index (χ3v) is 6.89. The Balaban J connectivity index is 1.36. The second-order valence-corrected chi connectivity index (χ2v) is 9.79. The molecule has 0 bridgehead atoms. The van der Waals surface area contributed by atoms with Gasteiger partial charge in [0.1, 0.15) is 11.2 Å². The number of imidazole rings is 2. The van der Waals surface area contributed by atoms with Crippen molar-refractivity contribution in [3.05, 3.63) is 84.0 Å². The maximum atomic E-state index is 5.00. The summed E-state index contributed by atoms with van der Waals surface area (Å²) >= 11 is 0. The van der Waals surface area contributed by atoms with Crippen molar-refractivity contribution in [3.63, 3.8) is 0 Å². The molecule has 0 saturated carbocycles. The van der Waals surface area contributed by atoms with Crippen LogP contribution in [0, 0.1) is 13.8 Å². The van der Waals surface area contributed by atoms with Crippen molar-refractivity contribution >= 4 is 16.7 Å². The van der Waals surface area contributed by atoms with Crippen molar-refractivity contribution in [1.29, 1.82) is 0 Å². The molecule has 5 aromatic rings. The standard InChI is InChI=1S/C29H31N9/c1-4-5-8-25(38-16-19(2)31-18-38)26-20(3)32-29(34-26)28-27-24(35-36-28)10-9-23(33-27)22-13-21(14-30-15-22)17-37-11-6-7-12-37/h4-5,8-10,13-16,18H,6-7,11-12,17H2,1-3H3,(H,32,34)(H,35,36)/b5-4-,25-8+. The van der Waals surface area contributed by atoms with Gasteiger partial charge in [0.25, 0.3) is 0 Å². The molecule has 9 heteroatoms. The molecule has 1 saturated heterocycles. The molecule has 9 nitrogen and oxygen atoms in total. The monoisotopic (exact) mass is 505 g/mol. The molecule has 5 aromatic heterocycles. The second kappa shape index (κ2) is 10.2. The van der Waals surface area contributed by atoms with Crippen molar-refractivity contribution in [3.8, 4) is 22.8 Å². The number of aromatic nitrogens is 8. The second-order valence-electron chi connectivity index (χ2n) is 9.79. The summed E-state index contributed by atoms with van der Waals surface area (Å²) < 4.78 is 1.99. The smallest absolute Gasteiger partial charge is 0.161 e. The van der Waals surface area contributed by atoms with Gasteiger partial charge in [-0.1, -0.05) is 12.2 Å². The summed E-state index contributed by atoms with van der Waals surface area (Å²) in [5, 5.41) is 7.70. The number of allylic oxidation sites excluding steroid dienone is 3. The van der Waals surface area contributed by atoms with Crippen LogP contribution in [0.2, 0.25) is 0 Å². The Kier molecular flexibility index (Phi) is 6.43. The van der Waals surface area contributed by atoms with Gasteiger partial charge in [0.2, 0.25) is 0 Å². The van der Waals surface area contributed by atoms with Gasteiger partial charge in [0.05, 0.1) is 28.9 Å². The van der Waals surface area contributed by atoms with E-state index >= 15 is 0 Å². The van der Waals surface area contributed by atoms with Crippen LogP contribution in [-0.4, -0.2) is 57.7 Å². The molecule has 38 heavy (non-hydrogen) atoms. The first-order valence-electron chi connectivity index (χ1n) is 13.0. The summed E-state index contributed by atoms with van der Waals surface area (Å²) in [6.45, 7) is 9.22. The van der Waals surface area contributed by atoms with E-state index in [1.807, 2.05) is 80.6 Å². The number of pyridine rings is 2. The number of fused-ring (bicyclic) bond motifs is 1. The lowest BCUT2D eigenvalue weighted by Gasteiger charge is -2.14. The van der Waals surface area contributed by atoms with Crippen molar-refractivity contribution in [2.75, 3.05) is 13.1 Å². The number of hydrogen-bond acceptors (Lipinski definition) is 6. The quantitative estimate of drug-likeness (QED) is 0.292. The topological polar surface area (TPSA) is 104 Å². The van der Waals surface area contributed by atoms with E-state index in [2.05, 4.69) is 36.1 Å². The van der Waals surface area contributed by atoms with Crippen molar-refractivity contribution < 1.29 is 0 Å². The Morgan fingerprint density at radius 2 is 1.97 bits per heavy atom. The largest absolute Gasteiger partial charge is 0.340 e. The molecule has 1 aliphatic rings. The van der Waals surface area contributed by atoms with E-state index in [4.69, 9.17) is 9.97 Å². The fourth-order valence-corrected chi connectivity index (χ4v) is 4.99. The molecule has 0 spiro atoms. The Morgan fingerprint density at radius 3 is 2.76 bits per heavy atom. The molecule has 0 radical (unpaired) electrons. The molecule has 0 atom stereocenters. The SMILES string of the molecule is C/C=C\C=C(/c1nc(-c2n[nH]c3ccc(-c4cncc(CN5CCCC5)c4)nc23)[nH]c1C)n1cnc(C)c1. The lowest BCUT2D eigenvalue weighted by atomic mass is 10.1. The van der Waals surface area contributed by atoms with E-state index in [0.717, 1.165) is 64.7 Å². The summed E-state index contributed by atoms with van der Waals surface area (Å²) in [6.07, 6.45) is 16.2. The molecule has 0 unspecified atom stereocenters. The van der Waals surface area contributed by atoms with E-state index in [-0.39, 0.29) is 0 Å². The molecule has 2 N–H and O–H groups in total. The summed E-state index contributed by atoms with van der Waals surface area (Å²) in [7, 11) is 0. The zero-order chi connectivity index (χ0) is 26.1. The first kappa shape index (κ1) is 24.0. The van der Waals surface area contributed by atoms with Gasteiger partial charge in [0.15, 0.2) is 11.5 Å². The average Bonchev–Trinajstić information content (AvgIpc) is 3.73. The van der Waals surface area contributed by atoms with Crippen LogP contribution < -0.4 is 0 Å². The highest BCUT2D eigenvalue weighted by molar-refractivity contribution is 5.89. The van der Waals surface area contributed by atoms with Gasteiger partial charge in [-0.05, 0) is 76.5 Å². The summed E-state index contributed by atoms with van der Waals surface area (Å²) in [5.41, 5.74) is 9.03.